The lowest BCUT2D eigenvalue weighted by molar-refractivity contribution is 0.304. The van der Waals surface area contributed by atoms with Crippen molar-refractivity contribution < 1.29 is 9.47 Å². The summed E-state index contributed by atoms with van der Waals surface area (Å²) in [4.78, 5) is 0. The molecule has 114 valence electrons. The van der Waals surface area contributed by atoms with Gasteiger partial charge in [0.25, 0.3) is 0 Å². The molecule has 0 radical (unpaired) electrons. The molecular weight excluding hydrogens is 276 g/mol. The third-order valence-electron chi connectivity index (χ3n) is 3.79. The highest BCUT2D eigenvalue weighted by Crippen LogP contribution is 2.28. The lowest BCUT2D eigenvalue weighted by Crippen LogP contribution is -1.95. The molecule has 2 aromatic carbocycles. The lowest BCUT2D eigenvalue weighted by atomic mass is 10.1. The molecular formula is C18H20N2O2. The second-order valence-corrected chi connectivity index (χ2v) is 5.15. The molecule has 0 atom stereocenters. The van der Waals surface area contributed by atoms with Gasteiger partial charge in [-0.15, -0.1) is 0 Å². The largest absolute Gasteiger partial charge is 0.497 e. The molecule has 0 unspecified atom stereocenters. The van der Waals surface area contributed by atoms with E-state index in [2.05, 4.69) is 23.8 Å². The normalized spacial score (nSPS) is 10.8. The third-order valence-corrected chi connectivity index (χ3v) is 3.79. The molecule has 0 saturated heterocycles. The standard InChI is InChI=1S/C18H20N2O2/c1-3-20-11-13(16-8-5-9-17(19)18(16)20)12-22-15-7-4-6-14(10-15)21-2/h4-11H,3,12,19H2,1-2H3. The Labute approximate surface area is 130 Å². The highest BCUT2D eigenvalue weighted by molar-refractivity contribution is 5.93. The SMILES string of the molecule is CCn1cc(COc2cccc(OC)c2)c2cccc(N)c21. The topological polar surface area (TPSA) is 49.4 Å². The number of benzene rings is 2. The van der Waals surface area contributed by atoms with Crippen LogP contribution in [-0.4, -0.2) is 11.7 Å². The van der Waals surface area contributed by atoms with Crippen molar-refractivity contribution in [2.45, 2.75) is 20.1 Å². The number of nitrogens with two attached hydrogens (primary N) is 1. The van der Waals surface area contributed by atoms with Crippen molar-refractivity contribution in [3.05, 3.63) is 54.2 Å². The number of rotatable bonds is 5. The van der Waals surface area contributed by atoms with Crippen LogP contribution in [0.25, 0.3) is 10.9 Å². The van der Waals surface area contributed by atoms with E-state index in [1.807, 2.05) is 36.4 Å². The second-order valence-electron chi connectivity index (χ2n) is 5.15. The van der Waals surface area contributed by atoms with E-state index in [4.69, 9.17) is 15.2 Å². The molecule has 3 aromatic rings. The van der Waals surface area contributed by atoms with Gasteiger partial charge in [0.05, 0.1) is 18.3 Å². The first-order valence-corrected chi connectivity index (χ1v) is 7.36. The number of methoxy groups -OCH3 is 1. The van der Waals surface area contributed by atoms with Crippen molar-refractivity contribution >= 4 is 16.6 Å². The Hall–Kier alpha value is -2.62. The summed E-state index contributed by atoms with van der Waals surface area (Å²) in [6.45, 7) is 3.49. The number of fused-ring (bicyclic) bond motifs is 1. The molecule has 22 heavy (non-hydrogen) atoms. The zero-order valence-electron chi connectivity index (χ0n) is 12.9. The monoisotopic (exact) mass is 296 g/mol. The molecule has 0 amide bonds. The molecule has 1 aromatic heterocycles. The zero-order chi connectivity index (χ0) is 15.5. The van der Waals surface area contributed by atoms with Gasteiger partial charge in [-0.2, -0.15) is 0 Å². The zero-order valence-corrected chi connectivity index (χ0v) is 12.9. The number of nitrogens with zero attached hydrogens (tertiary/aromatic N) is 1. The molecule has 2 N–H and O–H groups in total. The molecule has 1 heterocycles. The van der Waals surface area contributed by atoms with Crippen LogP contribution >= 0.6 is 0 Å². The Morgan fingerprint density at radius 1 is 1.09 bits per heavy atom. The van der Waals surface area contributed by atoms with Crippen LogP contribution in [0, 0.1) is 0 Å². The summed E-state index contributed by atoms with van der Waals surface area (Å²) in [5, 5.41) is 1.14. The fraction of sp³-hybridized carbons (Fsp3) is 0.222. The van der Waals surface area contributed by atoms with E-state index in [-0.39, 0.29) is 0 Å². The van der Waals surface area contributed by atoms with Crippen LogP contribution in [0.1, 0.15) is 12.5 Å². The van der Waals surface area contributed by atoms with E-state index in [1.165, 1.54) is 0 Å². The van der Waals surface area contributed by atoms with E-state index in [1.54, 1.807) is 7.11 Å². The number of hydrogen-bond acceptors (Lipinski definition) is 3. The maximum Gasteiger partial charge on any atom is 0.123 e. The van der Waals surface area contributed by atoms with Crippen LogP contribution in [0.5, 0.6) is 11.5 Å². The maximum absolute atomic E-state index is 6.11. The summed E-state index contributed by atoms with van der Waals surface area (Å²) in [5.41, 5.74) is 9.12. The van der Waals surface area contributed by atoms with Crippen molar-refractivity contribution in [1.29, 1.82) is 0 Å². The Morgan fingerprint density at radius 2 is 1.86 bits per heavy atom. The molecule has 0 spiro atoms. The fourth-order valence-corrected chi connectivity index (χ4v) is 2.68. The highest BCUT2D eigenvalue weighted by atomic mass is 16.5. The summed E-state index contributed by atoms with van der Waals surface area (Å²) >= 11 is 0. The minimum absolute atomic E-state index is 0.500. The summed E-state index contributed by atoms with van der Waals surface area (Å²) in [6.07, 6.45) is 2.11. The van der Waals surface area contributed by atoms with Crippen molar-refractivity contribution in [1.82, 2.24) is 4.57 Å². The van der Waals surface area contributed by atoms with Crippen molar-refractivity contribution in [3.63, 3.8) is 0 Å². The van der Waals surface area contributed by atoms with Crippen molar-refractivity contribution in [2.75, 3.05) is 12.8 Å². The predicted molar refractivity (Wildman–Crippen MR) is 89.4 cm³/mol. The van der Waals surface area contributed by atoms with Gasteiger partial charge < -0.3 is 19.8 Å². The van der Waals surface area contributed by atoms with E-state index in [9.17, 15) is 0 Å². The molecule has 0 aliphatic carbocycles. The Kier molecular flexibility index (Phi) is 3.92. The molecule has 0 saturated carbocycles. The minimum atomic E-state index is 0.500. The molecule has 0 aliphatic rings. The van der Waals surface area contributed by atoms with E-state index in [0.717, 1.165) is 40.2 Å². The first-order chi connectivity index (χ1) is 10.7. The van der Waals surface area contributed by atoms with Gasteiger partial charge in [0, 0.05) is 29.8 Å². The smallest absolute Gasteiger partial charge is 0.123 e. The van der Waals surface area contributed by atoms with E-state index in [0.29, 0.717) is 6.61 Å². The van der Waals surface area contributed by atoms with Crippen LogP contribution < -0.4 is 15.2 Å². The van der Waals surface area contributed by atoms with Gasteiger partial charge in [0.1, 0.15) is 18.1 Å². The Morgan fingerprint density at radius 3 is 2.64 bits per heavy atom. The van der Waals surface area contributed by atoms with Gasteiger partial charge in [-0.3, -0.25) is 0 Å². The van der Waals surface area contributed by atoms with Crippen molar-refractivity contribution in [3.8, 4) is 11.5 Å². The van der Waals surface area contributed by atoms with E-state index >= 15 is 0 Å². The van der Waals surface area contributed by atoms with Gasteiger partial charge in [0.15, 0.2) is 0 Å². The first-order valence-electron chi connectivity index (χ1n) is 7.36. The van der Waals surface area contributed by atoms with Crippen LogP contribution in [0.2, 0.25) is 0 Å². The molecule has 0 fully saturated rings. The van der Waals surface area contributed by atoms with Gasteiger partial charge in [-0.1, -0.05) is 18.2 Å². The quantitative estimate of drug-likeness (QED) is 0.728. The number of aryl methyl sites for hydroxylation is 1. The summed E-state index contributed by atoms with van der Waals surface area (Å²) in [5.74, 6) is 1.58. The second kappa shape index (κ2) is 6.02. The van der Waals surface area contributed by atoms with Crippen molar-refractivity contribution in [2.24, 2.45) is 0 Å². The minimum Gasteiger partial charge on any atom is -0.497 e. The van der Waals surface area contributed by atoms with Crippen LogP contribution in [0.3, 0.4) is 0 Å². The molecule has 3 rings (SSSR count). The van der Waals surface area contributed by atoms with Crippen LogP contribution in [-0.2, 0) is 13.2 Å². The maximum atomic E-state index is 6.11. The average molecular weight is 296 g/mol. The number of hydrogen-bond donors (Lipinski definition) is 1. The molecule has 4 heteroatoms. The lowest BCUT2D eigenvalue weighted by Gasteiger charge is -2.07. The Balaban J connectivity index is 1.89. The number of aromatic nitrogens is 1. The summed E-state index contributed by atoms with van der Waals surface area (Å²) in [6, 6.07) is 13.6. The first kappa shape index (κ1) is 14.3. The van der Waals surface area contributed by atoms with Gasteiger partial charge in [-0.25, -0.2) is 0 Å². The highest BCUT2D eigenvalue weighted by Gasteiger charge is 2.10. The van der Waals surface area contributed by atoms with Gasteiger partial charge in [-0.05, 0) is 25.1 Å². The number of nitrogen functional groups attached to an aromatic ring is 1. The van der Waals surface area contributed by atoms with Crippen LogP contribution in [0.15, 0.2) is 48.7 Å². The molecule has 0 bridgehead atoms. The van der Waals surface area contributed by atoms with Gasteiger partial charge >= 0.3 is 0 Å². The fourth-order valence-electron chi connectivity index (χ4n) is 2.68. The number of para-hydroxylation sites is 1. The van der Waals surface area contributed by atoms with Gasteiger partial charge in [0.2, 0.25) is 0 Å². The Bertz CT molecular complexity index is 793. The summed E-state index contributed by atoms with van der Waals surface area (Å²) in [7, 11) is 1.65. The third kappa shape index (κ3) is 2.60. The summed E-state index contributed by atoms with van der Waals surface area (Å²) < 4.78 is 13.3. The predicted octanol–water partition coefficient (Wildman–Crippen LogP) is 3.83. The van der Waals surface area contributed by atoms with Crippen LogP contribution in [0.4, 0.5) is 5.69 Å². The van der Waals surface area contributed by atoms with E-state index < -0.39 is 0 Å². The average Bonchev–Trinajstić information content (AvgIpc) is 2.92. The molecule has 4 nitrogen and oxygen atoms in total. The number of anilines is 1. The molecule has 0 aliphatic heterocycles. The number of ether oxygens (including phenoxy) is 2.